The van der Waals surface area contributed by atoms with Crippen molar-refractivity contribution in [3.05, 3.63) is 83.6 Å². The maximum atomic E-state index is 12.6. The van der Waals surface area contributed by atoms with Gasteiger partial charge in [0.05, 0.1) is 17.6 Å². The molecule has 0 bridgehead atoms. The average Bonchev–Trinajstić information content (AvgIpc) is 2.73. The fraction of sp³-hybridized carbons (Fsp3) is 0.143. The Kier molecular flexibility index (Phi) is 5.75. The summed E-state index contributed by atoms with van der Waals surface area (Å²) in [5.41, 5.74) is 2.42. The Morgan fingerprint density at radius 2 is 1.68 bits per heavy atom. The smallest absolute Gasteiger partial charge is 0.253 e. The van der Waals surface area contributed by atoms with E-state index < -0.39 is 9.84 Å². The van der Waals surface area contributed by atoms with Crippen LogP contribution < -0.4 is 10.1 Å². The van der Waals surface area contributed by atoms with Crippen LogP contribution in [0.15, 0.2) is 76.8 Å². The number of hydrogen-bond donors (Lipinski definition) is 1. The molecule has 0 aliphatic rings. The standard InChI is InChI=1S/C21H20N2O4S/c1-15-3-5-16(6-4-15)13-23-21(24)17-7-12-20(22-14-17)28(25,26)19-10-8-18(27-2)9-11-19/h3-12,14H,13H2,1-2H3,(H,23,24). The van der Waals surface area contributed by atoms with Gasteiger partial charge in [-0.15, -0.1) is 0 Å². The molecule has 1 heterocycles. The second-order valence-corrected chi connectivity index (χ2v) is 8.13. The third-order valence-corrected chi connectivity index (χ3v) is 5.90. The number of rotatable bonds is 6. The van der Waals surface area contributed by atoms with Crippen LogP contribution in [0, 0.1) is 6.92 Å². The summed E-state index contributed by atoms with van der Waals surface area (Å²) in [4.78, 5) is 16.4. The van der Waals surface area contributed by atoms with Crippen LogP contribution in [0.3, 0.4) is 0 Å². The second-order valence-electron chi connectivity index (χ2n) is 6.23. The lowest BCUT2D eigenvalue weighted by Gasteiger charge is -2.08. The molecule has 28 heavy (non-hydrogen) atoms. The molecule has 2 aromatic carbocycles. The number of amides is 1. The Labute approximate surface area is 164 Å². The van der Waals surface area contributed by atoms with E-state index in [9.17, 15) is 13.2 Å². The van der Waals surface area contributed by atoms with Gasteiger partial charge in [0, 0.05) is 12.7 Å². The van der Waals surface area contributed by atoms with E-state index in [1.54, 1.807) is 12.1 Å². The molecule has 6 nitrogen and oxygen atoms in total. The van der Waals surface area contributed by atoms with Crippen LogP contribution in [0.25, 0.3) is 0 Å². The number of pyridine rings is 1. The molecule has 0 fully saturated rings. The Balaban J connectivity index is 1.71. The quantitative estimate of drug-likeness (QED) is 0.692. The van der Waals surface area contributed by atoms with E-state index in [2.05, 4.69) is 10.3 Å². The molecule has 3 rings (SSSR count). The van der Waals surface area contributed by atoms with E-state index in [-0.39, 0.29) is 15.8 Å². The number of methoxy groups -OCH3 is 1. The van der Waals surface area contributed by atoms with E-state index in [1.165, 1.54) is 37.6 Å². The van der Waals surface area contributed by atoms with Crippen molar-refractivity contribution in [2.45, 2.75) is 23.4 Å². The highest BCUT2D eigenvalue weighted by Gasteiger charge is 2.19. The maximum absolute atomic E-state index is 12.6. The van der Waals surface area contributed by atoms with E-state index >= 15 is 0 Å². The van der Waals surface area contributed by atoms with Gasteiger partial charge >= 0.3 is 0 Å². The average molecular weight is 396 g/mol. The molecule has 0 atom stereocenters. The first-order chi connectivity index (χ1) is 13.4. The zero-order valence-electron chi connectivity index (χ0n) is 15.5. The van der Waals surface area contributed by atoms with Gasteiger partial charge in [-0.25, -0.2) is 13.4 Å². The lowest BCUT2D eigenvalue weighted by molar-refractivity contribution is 0.0950. The number of aryl methyl sites for hydroxylation is 1. The van der Waals surface area contributed by atoms with Gasteiger partial charge in [-0.05, 0) is 48.9 Å². The molecule has 0 spiro atoms. The summed E-state index contributed by atoms with van der Waals surface area (Å²) in [5, 5.41) is 2.68. The van der Waals surface area contributed by atoms with Crippen molar-refractivity contribution in [2.75, 3.05) is 7.11 Å². The molecule has 0 saturated heterocycles. The topological polar surface area (TPSA) is 85.4 Å². The molecule has 0 aliphatic carbocycles. The fourth-order valence-electron chi connectivity index (χ4n) is 2.54. The molecule has 7 heteroatoms. The van der Waals surface area contributed by atoms with E-state index in [1.807, 2.05) is 31.2 Å². The highest BCUT2D eigenvalue weighted by molar-refractivity contribution is 7.91. The molecule has 1 N–H and O–H groups in total. The van der Waals surface area contributed by atoms with Crippen LogP contribution in [0.2, 0.25) is 0 Å². The highest BCUT2D eigenvalue weighted by Crippen LogP contribution is 2.21. The van der Waals surface area contributed by atoms with Gasteiger partial charge < -0.3 is 10.1 Å². The normalized spacial score (nSPS) is 11.1. The van der Waals surface area contributed by atoms with Gasteiger partial charge in [0.15, 0.2) is 5.03 Å². The van der Waals surface area contributed by atoms with Gasteiger partial charge in [-0.3, -0.25) is 4.79 Å². The van der Waals surface area contributed by atoms with Crippen molar-refractivity contribution in [2.24, 2.45) is 0 Å². The van der Waals surface area contributed by atoms with Crippen LogP contribution in [-0.2, 0) is 16.4 Å². The zero-order chi connectivity index (χ0) is 20.1. The highest BCUT2D eigenvalue weighted by atomic mass is 32.2. The second kappa shape index (κ2) is 8.22. The molecule has 0 unspecified atom stereocenters. The zero-order valence-corrected chi connectivity index (χ0v) is 16.4. The monoisotopic (exact) mass is 396 g/mol. The first-order valence-corrected chi connectivity index (χ1v) is 10.1. The van der Waals surface area contributed by atoms with E-state index in [4.69, 9.17) is 4.74 Å². The summed E-state index contributed by atoms with van der Waals surface area (Å²) < 4.78 is 30.3. The minimum Gasteiger partial charge on any atom is -0.497 e. The molecular formula is C21H20N2O4S. The van der Waals surface area contributed by atoms with Crippen molar-refractivity contribution in [1.29, 1.82) is 0 Å². The number of carbonyl (C=O) groups excluding carboxylic acids is 1. The first kappa shape index (κ1) is 19.6. The maximum Gasteiger partial charge on any atom is 0.253 e. The number of carbonyl (C=O) groups is 1. The van der Waals surface area contributed by atoms with Crippen molar-refractivity contribution < 1.29 is 17.9 Å². The van der Waals surface area contributed by atoms with E-state index in [0.717, 1.165) is 11.1 Å². The molecule has 0 radical (unpaired) electrons. The number of nitrogens with zero attached hydrogens (tertiary/aromatic N) is 1. The fourth-order valence-corrected chi connectivity index (χ4v) is 3.71. The Hall–Kier alpha value is -3.19. The van der Waals surface area contributed by atoms with Gasteiger partial charge in [-0.1, -0.05) is 29.8 Å². The minimum atomic E-state index is -3.76. The largest absolute Gasteiger partial charge is 0.497 e. The van der Waals surface area contributed by atoms with Gasteiger partial charge in [0.1, 0.15) is 5.75 Å². The Morgan fingerprint density at radius 3 is 2.25 bits per heavy atom. The number of aromatic nitrogens is 1. The third kappa shape index (κ3) is 4.37. The predicted molar refractivity (Wildman–Crippen MR) is 105 cm³/mol. The number of nitrogens with one attached hydrogen (secondary N) is 1. The summed E-state index contributed by atoms with van der Waals surface area (Å²) in [6.07, 6.45) is 1.26. The molecular weight excluding hydrogens is 376 g/mol. The van der Waals surface area contributed by atoms with Crippen molar-refractivity contribution in [3.8, 4) is 5.75 Å². The number of benzene rings is 2. The molecule has 1 amide bonds. The molecule has 3 aromatic rings. The summed E-state index contributed by atoms with van der Waals surface area (Å²) >= 11 is 0. The Morgan fingerprint density at radius 1 is 1.00 bits per heavy atom. The van der Waals surface area contributed by atoms with Crippen LogP contribution in [0.5, 0.6) is 5.75 Å². The van der Waals surface area contributed by atoms with Crippen molar-refractivity contribution >= 4 is 15.7 Å². The summed E-state index contributed by atoms with van der Waals surface area (Å²) in [6.45, 7) is 2.38. The Bertz CT molecular complexity index is 1060. The number of ether oxygens (including phenoxy) is 1. The molecule has 0 aliphatic heterocycles. The molecule has 1 aromatic heterocycles. The minimum absolute atomic E-state index is 0.109. The summed E-state index contributed by atoms with van der Waals surface area (Å²) in [7, 11) is -2.26. The van der Waals surface area contributed by atoms with Crippen molar-refractivity contribution in [1.82, 2.24) is 10.3 Å². The first-order valence-electron chi connectivity index (χ1n) is 8.59. The van der Waals surface area contributed by atoms with Gasteiger partial charge in [0.2, 0.25) is 9.84 Å². The SMILES string of the molecule is COc1ccc(S(=O)(=O)c2ccc(C(=O)NCc3ccc(C)cc3)cn2)cc1. The van der Waals surface area contributed by atoms with Crippen LogP contribution in [0.4, 0.5) is 0 Å². The summed E-state index contributed by atoms with van der Waals surface area (Å²) in [5.74, 6) is 0.244. The van der Waals surface area contributed by atoms with Crippen LogP contribution >= 0.6 is 0 Å². The lowest BCUT2D eigenvalue weighted by Crippen LogP contribution is -2.23. The van der Waals surface area contributed by atoms with Crippen molar-refractivity contribution in [3.63, 3.8) is 0 Å². The van der Waals surface area contributed by atoms with E-state index in [0.29, 0.717) is 17.9 Å². The number of hydrogen-bond acceptors (Lipinski definition) is 5. The molecule has 144 valence electrons. The van der Waals surface area contributed by atoms with Gasteiger partial charge in [-0.2, -0.15) is 0 Å². The third-order valence-electron chi connectivity index (χ3n) is 4.22. The van der Waals surface area contributed by atoms with Crippen LogP contribution in [0.1, 0.15) is 21.5 Å². The summed E-state index contributed by atoms with van der Waals surface area (Å²) in [6, 6.07) is 16.7. The number of sulfone groups is 1. The predicted octanol–water partition coefficient (Wildman–Crippen LogP) is 3.16. The van der Waals surface area contributed by atoms with Gasteiger partial charge in [0.25, 0.3) is 5.91 Å². The lowest BCUT2D eigenvalue weighted by atomic mass is 10.1. The van der Waals surface area contributed by atoms with Crippen LogP contribution in [-0.4, -0.2) is 26.4 Å². The molecule has 0 saturated carbocycles.